The zero-order valence-electron chi connectivity index (χ0n) is 22.2. The molecule has 1 unspecified atom stereocenters. The number of aliphatic carboxylic acids is 1. The monoisotopic (exact) mass is 524 g/mol. The summed E-state index contributed by atoms with van der Waals surface area (Å²) in [5.74, 6) is -1.50. The molecule has 2 saturated heterocycles. The summed E-state index contributed by atoms with van der Waals surface area (Å²) >= 11 is 0. The Labute approximate surface area is 228 Å². The number of hydrogen-bond donors (Lipinski definition) is 1. The zero-order valence-corrected chi connectivity index (χ0v) is 22.2. The smallest absolute Gasteiger partial charge is 0.411 e. The molecule has 0 spiro atoms. The number of β-lactam (4-membered cyclic amide) rings is 1. The van der Waals surface area contributed by atoms with Crippen molar-refractivity contribution in [1.82, 2.24) is 9.80 Å². The first-order chi connectivity index (χ1) is 18.7. The molecule has 3 aromatic carbocycles. The van der Waals surface area contributed by atoms with Crippen molar-refractivity contribution in [3.8, 4) is 0 Å². The number of carbonyl (C=O) groups excluding carboxylic acids is 2. The molecule has 5 atom stereocenters. The van der Waals surface area contributed by atoms with Gasteiger partial charge in [0.1, 0.15) is 18.1 Å². The third kappa shape index (κ3) is 4.92. The van der Waals surface area contributed by atoms with Crippen molar-refractivity contribution in [3.05, 3.63) is 114 Å². The van der Waals surface area contributed by atoms with E-state index in [0.29, 0.717) is 0 Å². The maximum atomic E-state index is 13.9. The standard InChI is InChI=1S/C32H32N2O5/c1-32(2,3)28(30(36)37)33-24(20-19-21-13-7-4-8-14-21)26(29(33)35)34-25(22-15-9-5-10-16-22)27(39-31(34)38)23-17-11-6-12-18-23/h4-20,24-28H,1-3H3,(H,36,37)/b20-19+/t24-,25+,26+,27-,28?/m1/s1. The van der Waals surface area contributed by atoms with E-state index in [-0.39, 0.29) is 0 Å². The molecule has 39 heavy (non-hydrogen) atoms. The van der Waals surface area contributed by atoms with Crippen LogP contribution in [0.5, 0.6) is 0 Å². The third-order valence-electron chi connectivity index (χ3n) is 7.36. The van der Waals surface area contributed by atoms with Gasteiger partial charge in [0, 0.05) is 0 Å². The summed E-state index contributed by atoms with van der Waals surface area (Å²) in [4.78, 5) is 42.8. The highest BCUT2D eigenvalue weighted by molar-refractivity contribution is 5.97. The maximum Gasteiger partial charge on any atom is 0.411 e. The molecule has 2 amide bonds. The van der Waals surface area contributed by atoms with E-state index in [2.05, 4.69) is 0 Å². The summed E-state index contributed by atoms with van der Waals surface area (Å²) in [5, 5.41) is 10.2. The van der Waals surface area contributed by atoms with Crippen LogP contribution in [0.4, 0.5) is 4.79 Å². The van der Waals surface area contributed by atoms with Gasteiger partial charge in [0.05, 0.1) is 6.04 Å². The van der Waals surface area contributed by atoms with Crippen LogP contribution in [-0.4, -0.2) is 51.0 Å². The maximum absolute atomic E-state index is 13.9. The highest BCUT2D eigenvalue weighted by Gasteiger charge is 2.61. The fourth-order valence-electron chi connectivity index (χ4n) is 5.64. The van der Waals surface area contributed by atoms with Gasteiger partial charge in [-0.1, -0.05) is 124 Å². The Morgan fingerprint density at radius 2 is 1.38 bits per heavy atom. The molecule has 1 N–H and O–H groups in total. The predicted molar refractivity (Wildman–Crippen MR) is 147 cm³/mol. The van der Waals surface area contributed by atoms with Crippen LogP contribution in [0, 0.1) is 5.41 Å². The second-order valence-electron chi connectivity index (χ2n) is 11.0. The minimum atomic E-state index is -1.09. The van der Waals surface area contributed by atoms with Crippen LogP contribution in [0.2, 0.25) is 0 Å². The number of rotatable bonds is 7. The van der Waals surface area contributed by atoms with Gasteiger partial charge < -0.3 is 14.7 Å². The Kier molecular flexibility index (Phi) is 7.00. The van der Waals surface area contributed by atoms with Crippen LogP contribution < -0.4 is 0 Å². The zero-order chi connectivity index (χ0) is 27.7. The second-order valence-corrected chi connectivity index (χ2v) is 11.0. The van der Waals surface area contributed by atoms with Gasteiger partial charge in [0.25, 0.3) is 0 Å². The van der Waals surface area contributed by atoms with Crippen molar-refractivity contribution in [2.24, 2.45) is 5.41 Å². The van der Waals surface area contributed by atoms with Gasteiger partial charge >= 0.3 is 12.1 Å². The summed E-state index contributed by atoms with van der Waals surface area (Å²) in [7, 11) is 0. The van der Waals surface area contributed by atoms with E-state index in [0.717, 1.165) is 16.7 Å². The molecule has 0 aromatic heterocycles. The molecule has 7 nitrogen and oxygen atoms in total. The number of carboxylic acids is 1. The van der Waals surface area contributed by atoms with Gasteiger partial charge in [-0.15, -0.1) is 0 Å². The van der Waals surface area contributed by atoms with Crippen molar-refractivity contribution >= 4 is 24.0 Å². The molecule has 7 heteroatoms. The Hall–Kier alpha value is -4.39. The van der Waals surface area contributed by atoms with E-state index in [1.165, 1.54) is 9.80 Å². The Morgan fingerprint density at radius 3 is 1.92 bits per heavy atom. The van der Waals surface area contributed by atoms with Crippen LogP contribution in [-0.2, 0) is 14.3 Å². The van der Waals surface area contributed by atoms with Crippen LogP contribution >= 0.6 is 0 Å². The Morgan fingerprint density at radius 1 is 0.846 bits per heavy atom. The SMILES string of the molecule is CC(C)(C)C(C(=O)O)N1C(=O)[C@@H](N2C(=O)O[C@H](c3ccccc3)[C@@H]2c2ccccc2)[C@H]1/C=C/c1ccccc1. The van der Waals surface area contributed by atoms with E-state index in [9.17, 15) is 19.5 Å². The first-order valence-corrected chi connectivity index (χ1v) is 13.1. The van der Waals surface area contributed by atoms with Crippen LogP contribution in [0.25, 0.3) is 6.08 Å². The molecule has 0 radical (unpaired) electrons. The van der Waals surface area contributed by atoms with Gasteiger partial charge in [-0.3, -0.25) is 9.69 Å². The lowest BCUT2D eigenvalue weighted by atomic mass is 9.79. The van der Waals surface area contributed by atoms with E-state index in [4.69, 9.17) is 4.74 Å². The fourth-order valence-corrected chi connectivity index (χ4v) is 5.64. The number of benzene rings is 3. The predicted octanol–water partition coefficient (Wildman–Crippen LogP) is 5.71. The first kappa shape index (κ1) is 26.2. The quantitative estimate of drug-likeness (QED) is 0.400. The molecule has 2 aliphatic rings. The molecule has 0 bridgehead atoms. The number of carboxylic acid groups (broad SMARTS) is 1. The summed E-state index contributed by atoms with van der Waals surface area (Å²) in [6.45, 7) is 5.39. The lowest BCUT2D eigenvalue weighted by Gasteiger charge is -2.54. The topological polar surface area (TPSA) is 87.2 Å². The molecule has 200 valence electrons. The third-order valence-corrected chi connectivity index (χ3v) is 7.36. The molecule has 2 heterocycles. The van der Waals surface area contributed by atoms with E-state index in [1.54, 1.807) is 20.8 Å². The lowest BCUT2D eigenvalue weighted by molar-refractivity contribution is -0.173. The van der Waals surface area contributed by atoms with Gasteiger partial charge in [-0.2, -0.15) is 0 Å². The van der Waals surface area contributed by atoms with Gasteiger partial charge in [-0.05, 0) is 22.1 Å². The van der Waals surface area contributed by atoms with Crippen LogP contribution in [0.15, 0.2) is 97.1 Å². The fraction of sp³-hybridized carbons (Fsp3) is 0.281. The minimum Gasteiger partial charge on any atom is -0.480 e. The average Bonchev–Trinajstić information content (AvgIpc) is 3.26. The number of hydrogen-bond acceptors (Lipinski definition) is 4. The van der Waals surface area contributed by atoms with Gasteiger partial charge in [0.15, 0.2) is 6.10 Å². The highest BCUT2D eigenvalue weighted by Crippen LogP contribution is 2.48. The number of nitrogens with zero attached hydrogens (tertiary/aromatic N) is 2. The molecular weight excluding hydrogens is 492 g/mol. The van der Waals surface area contributed by atoms with Crippen LogP contribution in [0.3, 0.4) is 0 Å². The Balaban J connectivity index is 1.59. The van der Waals surface area contributed by atoms with E-state index < -0.39 is 53.7 Å². The van der Waals surface area contributed by atoms with Crippen molar-refractivity contribution in [3.63, 3.8) is 0 Å². The second kappa shape index (κ2) is 10.4. The molecule has 0 aliphatic carbocycles. The molecule has 0 saturated carbocycles. The summed E-state index contributed by atoms with van der Waals surface area (Å²) in [6, 6.07) is 25.3. The Bertz CT molecular complexity index is 1370. The van der Waals surface area contributed by atoms with Crippen molar-refractivity contribution in [2.45, 2.75) is 51.0 Å². The molecular formula is C32H32N2O5. The van der Waals surface area contributed by atoms with Crippen molar-refractivity contribution in [2.75, 3.05) is 0 Å². The minimum absolute atomic E-state index is 0.411. The highest BCUT2D eigenvalue weighted by atomic mass is 16.6. The number of amides is 2. The number of likely N-dealkylation sites (tertiary alicyclic amines) is 1. The molecule has 3 aromatic rings. The van der Waals surface area contributed by atoms with Gasteiger partial charge in [0.2, 0.25) is 5.91 Å². The molecule has 2 aliphatic heterocycles. The largest absolute Gasteiger partial charge is 0.480 e. The van der Waals surface area contributed by atoms with Gasteiger partial charge in [-0.25, -0.2) is 9.59 Å². The van der Waals surface area contributed by atoms with Crippen molar-refractivity contribution in [1.29, 1.82) is 0 Å². The summed E-state index contributed by atoms with van der Waals surface area (Å²) < 4.78 is 5.93. The summed E-state index contributed by atoms with van der Waals surface area (Å²) in [5.41, 5.74) is 1.83. The molecule has 5 rings (SSSR count). The first-order valence-electron chi connectivity index (χ1n) is 13.1. The number of carbonyl (C=O) groups is 3. The van der Waals surface area contributed by atoms with Crippen LogP contribution in [0.1, 0.15) is 49.6 Å². The number of cyclic esters (lactones) is 1. The normalized spacial score (nSPS) is 24.0. The number of ether oxygens (including phenoxy) is 1. The summed E-state index contributed by atoms with van der Waals surface area (Å²) in [6.07, 6.45) is 2.47. The van der Waals surface area contributed by atoms with E-state index >= 15 is 0 Å². The molecule has 2 fully saturated rings. The van der Waals surface area contributed by atoms with E-state index in [1.807, 2.05) is 103 Å². The lowest BCUT2D eigenvalue weighted by Crippen LogP contribution is -2.75. The van der Waals surface area contributed by atoms with Crippen molar-refractivity contribution < 1.29 is 24.2 Å². The average molecular weight is 525 g/mol.